The standard InChI is InChI=1S/C21H31ClN2O3/c1-24(21(25)27-20-8-4-17(22)5-9-20)18-6-10-19(11-7-18)26-14-2-3-16-12-13-23-15-16/h4-5,8-9,16,18-19,23H,2-3,6-7,10-15H2,1H3. The molecule has 0 radical (unpaired) electrons. The van der Waals surface area contributed by atoms with E-state index < -0.39 is 0 Å². The average Bonchev–Trinajstić information content (AvgIpc) is 3.20. The first kappa shape index (κ1) is 20.4. The smallest absolute Gasteiger partial charge is 0.410 e. The van der Waals surface area contributed by atoms with Crippen molar-refractivity contribution in [1.29, 1.82) is 0 Å². The van der Waals surface area contributed by atoms with Crippen molar-refractivity contribution in [1.82, 2.24) is 10.2 Å². The van der Waals surface area contributed by atoms with Gasteiger partial charge in [-0.15, -0.1) is 0 Å². The van der Waals surface area contributed by atoms with Crippen LogP contribution in [-0.4, -0.2) is 49.9 Å². The van der Waals surface area contributed by atoms with Crippen molar-refractivity contribution in [2.45, 2.75) is 57.1 Å². The molecule has 2 aliphatic rings. The largest absolute Gasteiger partial charge is 0.415 e. The highest BCUT2D eigenvalue weighted by Crippen LogP contribution is 2.26. The van der Waals surface area contributed by atoms with E-state index in [0.717, 1.165) is 44.6 Å². The summed E-state index contributed by atoms with van der Waals surface area (Å²) in [5.41, 5.74) is 0. The SMILES string of the molecule is CN(C(=O)Oc1ccc(Cl)cc1)C1CCC(OCCCC2CCNC2)CC1. The van der Waals surface area contributed by atoms with E-state index in [1.54, 1.807) is 29.2 Å². The molecule has 1 amide bonds. The number of nitrogens with zero attached hydrogens (tertiary/aromatic N) is 1. The maximum atomic E-state index is 12.3. The zero-order valence-corrected chi connectivity index (χ0v) is 16.9. The summed E-state index contributed by atoms with van der Waals surface area (Å²) in [5.74, 6) is 1.36. The molecule has 0 bridgehead atoms. The fraction of sp³-hybridized carbons (Fsp3) is 0.667. The van der Waals surface area contributed by atoms with Crippen molar-refractivity contribution >= 4 is 17.7 Å². The van der Waals surface area contributed by atoms with E-state index in [1.165, 1.54) is 25.9 Å². The molecule has 5 nitrogen and oxygen atoms in total. The highest BCUT2D eigenvalue weighted by atomic mass is 35.5. The molecule has 1 heterocycles. The van der Waals surface area contributed by atoms with Crippen LogP contribution in [0.3, 0.4) is 0 Å². The van der Waals surface area contributed by atoms with Gasteiger partial charge in [0.25, 0.3) is 0 Å². The molecular formula is C21H31ClN2O3. The Morgan fingerprint density at radius 1 is 1.19 bits per heavy atom. The topological polar surface area (TPSA) is 50.8 Å². The van der Waals surface area contributed by atoms with E-state index >= 15 is 0 Å². The average molecular weight is 395 g/mol. The fourth-order valence-electron chi connectivity index (χ4n) is 4.01. The zero-order valence-electron chi connectivity index (χ0n) is 16.2. The normalized spacial score (nSPS) is 25.3. The van der Waals surface area contributed by atoms with Crippen LogP contribution >= 0.6 is 11.6 Å². The van der Waals surface area contributed by atoms with Gasteiger partial charge < -0.3 is 19.7 Å². The molecule has 1 aromatic rings. The van der Waals surface area contributed by atoms with E-state index in [0.29, 0.717) is 16.9 Å². The molecule has 1 N–H and O–H groups in total. The zero-order chi connectivity index (χ0) is 19.1. The first-order chi connectivity index (χ1) is 13.1. The second-order valence-electron chi connectivity index (χ2n) is 7.74. The van der Waals surface area contributed by atoms with Crippen LogP contribution in [0.2, 0.25) is 5.02 Å². The Morgan fingerprint density at radius 2 is 1.93 bits per heavy atom. The number of hydrogen-bond acceptors (Lipinski definition) is 4. The lowest BCUT2D eigenvalue weighted by molar-refractivity contribution is 0.00962. The summed E-state index contributed by atoms with van der Waals surface area (Å²) in [6.07, 6.45) is 7.69. The number of rotatable bonds is 7. The Kier molecular flexibility index (Phi) is 7.80. The van der Waals surface area contributed by atoms with Gasteiger partial charge in [0.1, 0.15) is 5.75 Å². The van der Waals surface area contributed by atoms with Crippen LogP contribution in [0.5, 0.6) is 5.75 Å². The van der Waals surface area contributed by atoms with Crippen LogP contribution in [0.4, 0.5) is 4.79 Å². The number of ether oxygens (including phenoxy) is 2. The van der Waals surface area contributed by atoms with Crippen LogP contribution < -0.4 is 10.1 Å². The van der Waals surface area contributed by atoms with E-state index in [4.69, 9.17) is 21.1 Å². The van der Waals surface area contributed by atoms with Crippen molar-refractivity contribution in [3.05, 3.63) is 29.3 Å². The molecule has 1 aliphatic carbocycles. The van der Waals surface area contributed by atoms with E-state index in [9.17, 15) is 4.79 Å². The van der Waals surface area contributed by atoms with E-state index in [1.807, 2.05) is 7.05 Å². The lowest BCUT2D eigenvalue weighted by Crippen LogP contribution is -2.42. The molecule has 2 fully saturated rings. The van der Waals surface area contributed by atoms with Crippen LogP contribution in [0.1, 0.15) is 44.9 Å². The monoisotopic (exact) mass is 394 g/mol. The van der Waals surface area contributed by atoms with Crippen molar-refractivity contribution in [2.24, 2.45) is 5.92 Å². The van der Waals surface area contributed by atoms with Crippen molar-refractivity contribution in [3.8, 4) is 5.75 Å². The highest BCUT2D eigenvalue weighted by Gasteiger charge is 2.28. The quantitative estimate of drug-likeness (QED) is 0.692. The molecule has 1 saturated heterocycles. The van der Waals surface area contributed by atoms with Gasteiger partial charge >= 0.3 is 6.09 Å². The minimum atomic E-state index is -0.313. The van der Waals surface area contributed by atoms with Crippen LogP contribution in [-0.2, 0) is 4.74 Å². The Hall–Kier alpha value is -1.30. The lowest BCUT2D eigenvalue weighted by Gasteiger charge is -2.34. The first-order valence-corrected chi connectivity index (χ1v) is 10.5. The number of benzene rings is 1. The summed E-state index contributed by atoms with van der Waals surface area (Å²) >= 11 is 5.86. The predicted molar refractivity (Wildman–Crippen MR) is 107 cm³/mol. The fourth-order valence-corrected chi connectivity index (χ4v) is 4.13. The van der Waals surface area contributed by atoms with Crippen molar-refractivity contribution < 1.29 is 14.3 Å². The molecule has 150 valence electrons. The molecule has 3 rings (SSSR count). The van der Waals surface area contributed by atoms with Gasteiger partial charge in [-0.05, 0) is 88.2 Å². The minimum Gasteiger partial charge on any atom is -0.410 e. The summed E-state index contributed by atoms with van der Waals surface area (Å²) in [6.45, 7) is 3.20. The van der Waals surface area contributed by atoms with Gasteiger partial charge in [0.2, 0.25) is 0 Å². The molecule has 1 aromatic carbocycles. The summed E-state index contributed by atoms with van der Waals surface area (Å²) in [7, 11) is 1.82. The van der Waals surface area contributed by atoms with E-state index in [2.05, 4.69) is 5.32 Å². The maximum Gasteiger partial charge on any atom is 0.415 e. The molecule has 1 unspecified atom stereocenters. The van der Waals surface area contributed by atoms with Crippen LogP contribution in [0.25, 0.3) is 0 Å². The summed E-state index contributed by atoms with van der Waals surface area (Å²) in [5, 5.41) is 4.04. The van der Waals surface area contributed by atoms with Gasteiger partial charge in [0, 0.05) is 24.7 Å². The second-order valence-corrected chi connectivity index (χ2v) is 8.17. The molecular weight excluding hydrogens is 364 g/mol. The molecule has 1 aliphatic heterocycles. The Morgan fingerprint density at radius 3 is 2.59 bits per heavy atom. The number of amides is 1. The third kappa shape index (κ3) is 6.37. The highest BCUT2D eigenvalue weighted by molar-refractivity contribution is 6.30. The van der Waals surface area contributed by atoms with Gasteiger partial charge in [-0.3, -0.25) is 0 Å². The van der Waals surface area contributed by atoms with Gasteiger partial charge in [-0.2, -0.15) is 0 Å². The molecule has 1 saturated carbocycles. The number of carbonyl (C=O) groups excluding carboxylic acids is 1. The number of hydrogen-bond donors (Lipinski definition) is 1. The first-order valence-electron chi connectivity index (χ1n) is 10.1. The summed E-state index contributed by atoms with van der Waals surface area (Å²) in [6, 6.07) is 7.07. The number of nitrogens with one attached hydrogen (secondary N) is 1. The lowest BCUT2D eigenvalue weighted by atomic mass is 9.92. The van der Waals surface area contributed by atoms with Crippen molar-refractivity contribution in [2.75, 3.05) is 26.7 Å². The van der Waals surface area contributed by atoms with Crippen LogP contribution in [0, 0.1) is 5.92 Å². The third-order valence-corrected chi connectivity index (χ3v) is 6.02. The Labute approximate surface area is 167 Å². The minimum absolute atomic E-state index is 0.217. The summed E-state index contributed by atoms with van der Waals surface area (Å²) in [4.78, 5) is 14.1. The Bertz CT molecular complexity index is 582. The maximum absolute atomic E-state index is 12.3. The van der Waals surface area contributed by atoms with Crippen molar-refractivity contribution in [3.63, 3.8) is 0 Å². The van der Waals surface area contributed by atoms with Gasteiger partial charge in [-0.1, -0.05) is 11.6 Å². The third-order valence-electron chi connectivity index (χ3n) is 5.77. The van der Waals surface area contributed by atoms with E-state index in [-0.39, 0.29) is 12.1 Å². The molecule has 0 aromatic heterocycles. The molecule has 6 heteroatoms. The number of halogens is 1. The van der Waals surface area contributed by atoms with Gasteiger partial charge in [0.15, 0.2) is 0 Å². The number of carbonyl (C=O) groups is 1. The van der Waals surface area contributed by atoms with Gasteiger partial charge in [0.05, 0.1) is 6.10 Å². The summed E-state index contributed by atoms with van der Waals surface area (Å²) < 4.78 is 11.5. The molecule has 1 atom stereocenters. The molecule has 27 heavy (non-hydrogen) atoms. The predicted octanol–water partition coefficient (Wildman–Crippen LogP) is 4.49. The molecule has 0 spiro atoms. The second kappa shape index (κ2) is 10.3. The van der Waals surface area contributed by atoms with Gasteiger partial charge in [-0.25, -0.2) is 4.79 Å². The Balaban J connectivity index is 1.32. The van der Waals surface area contributed by atoms with Crippen LogP contribution in [0.15, 0.2) is 24.3 Å².